The van der Waals surface area contributed by atoms with Crippen LogP contribution in [0, 0.1) is 5.92 Å². The number of carbonyl (C=O) groups excluding carboxylic acids is 6. The minimum absolute atomic E-state index is 0.00731. The minimum Gasteiger partial charge on any atom is -0.394 e. The van der Waals surface area contributed by atoms with Crippen LogP contribution in [0.3, 0.4) is 0 Å². The molecule has 0 aliphatic carbocycles. The summed E-state index contributed by atoms with van der Waals surface area (Å²) in [6.45, 7) is -0.00716. The van der Waals surface area contributed by atoms with Crippen LogP contribution in [-0.2, 0) is 38.2 Å². The number of nitrogens with one attached hydrogen (secondary N) is 5. The van der Waals surface area contributed by atoms with Crippen LogP contribution in [0.5, 0.6) is 0 Å². The predicted octanol–water partition coefficient (Wildman–Crippen LogP) is -5.87. The van der Waals surface area contributed by atoms with Crippen molar-refractivity contribution in [1.29, 1.82) is 0 Å². The Morgan fingerprint density at radius 1 is 0.971 bits per heavy atom. The Kier molecular flexibility index (Phi) is 12.4. The molecule has 192 valence electrons. The van der Waals surface area contributed by atoms with Crippen LogP contribution in [0.4, 0.5) is 0 Å². The zero-order valence-corrected chi connectivity index (χ0v) is 18.5. The Hall–Kier alpha value is -3.34. The monoisotopic (exact) mass is 490 g/mol. The highest BCUT2D eigenvalue weighted by Gasteiger charge is 2.34. The van der Waals surface area contributed by atoms with Crippen LogP contribution < -0.4 is 32.5 Å². The molecule has 16 nitrogen and oxygen atoms in total. The van der Waals surface area contributed by atoms with Crippen LogP contribution in [0.2, 0.25) is 0 Å². The van der Waals surface area contributed by atoms with Gasteiger partial charge in [0.05, 0.1) is 39.0 Å². The van der Waals surface area contributed by atoms with E-state index in [0.717, 1.165) is 0 Å². The maximum absolute atomic E-state index is 12.6. The Bertz CT molecular complexity index is 762. The van der Waals surface area contributed by atoms with Crippen LogP contribution in [-0.4, -0.2) is 103 Å². The highest BCUT2D eigenvalue weighted by molar-refractivity contribution is 6.03. The quantitative estimate of drug-likeness (QED) is 0.173. The third-order valence-corrected chi connectivity index (χ3v) is 4.38. The van der Waals surface area contributed by atoms with E-state index in [9.17, 15) is 39.0 Å². The van der Waals surface area contributed by atoms with E-state index in [-0.39, 0.29) is 26.4 Å². The number of hydrazine groups is 1. The average molecular weight is 490 g/mol. The van der Waals surface area contributed by atoms with Gasteiger partial charge in [0.1, 0.15) is 24.6 Å². The maximum atomic E-state index is 12.6. The lowest BCUT2D eigenvalue weighted by atomic mass is 10.0. The zero-order valence-electron chi connectivity index (χ0n) is 18.5. The van der Waals surface area contributed by atoms with Gasteiger partial charge in [0, 0.05) is 6.54 Å². The normalized spacial score (nSPS) is 25.6. The van der Waals surface area contributed by atoms with E-state index in [1.54, 1.807) is 0 Å². The molecule has 1 aliphatic heterocycles. The van der Waals surface area contributed by atoms with Gasteiger partial charge in [0.15, 0.2) is 0 Å². The molecule has 0 bridgehead atoms. The number of aliphatic hydroxyl groups is 2. The van der Waals surface area contributed by atoms with E-state index in [1.807, 2.05) is 10.9 Å². The number of carbonyl (C=O) groups is 6. The molecular weight excluding hydrogens is 460 g/mol. The van der Waals surface area contributed by atoms with E-state index in [2.05, 4.69) is 16.0 Å². The molecule has 34 heavy (non-hydrogen) atoms. The summed E-state index contributed by atoms with van der Waals surface area (Å²) in [6, 6.07) is -3.07. The minimum atomic E-state index is -1.64. The molecule has 0 radical (unpaired) electrons. The molecule has 0 aromatic heterocycles. The number of nitrogens with two attached hydrogens (primary N) is 1. The molecule has 1 saturated heterocycles. The molecule has 6 amide bonds. The highest BCUT2D eigenvalue weighted by Crippen LogP contribution is 2.06. The number of primary amides is 1. The summed E-state index contributed by atoms with van der Waals surface area (Å²) >= 11 is 0. The van der Waals surface area contributed by atoms with E-state index >= 15 is 0 Å². The van der Waals surface area contributed by atoms with E-state index < -0.39 is 79.2 Å². The first kappa shape index (κ1) is 28.7. The van der Waals surface area contributed by atoms with E-state index in [1.165, 1.54) is 6.92 Å². The largest absolute Gasteiger partial charge is 0.394 e. The SMILES string of the molecule is CC(O)[C@H]1C(=O)NCCOCCOCC(=O)N[C@@H](CO)C(=O)NNC(=O)C(CC(N)=O)NC1=O. The Morgan fingerprint density at radius 2 is 1.59 bits per heavy atom. The maximum Gasteiger partial charge on any atom is 0.263 e. The van der Waals surface area contributed by atoms with Gasteiger partial charge in [-0.2, -0.15) is 0 Å². The third-order valence-electron chi connectivity index (χ3n) is 4.38. The molecule has 0 spiro atoms. The Morgan fingerprint density at radius 3 is 2.18 bits per heavy atom. The predicted molar refractivity (Wildman–Crippen MR) is 111 cm³/mol. The van der Waals surface area contributed by atoms with Crippen LogP contribution in [0.25, 0.3) is 0 Å². The molecular formula is C18H30N6O10. The Balaban J connectivity index is 3.04. The van der Waals surface area contributed by atoms with Crippen molar-refractivity contribution >= 4 is 35.4 Å². The van der Waals surface area contributed by atoms with Crippen LogP contribution in [0.1, 0.15) is 13.3 Å². The first-order valence-electron chi connectivity index (χ1n) is 10.3. The highest BCUT2D eigenvalue weighted by atomic mass is 16.5. The zero-order chi connectivity index (χ0) is 25.7. The van der Waals surface area contributed by atoms with E-state index in [0.29, 0.717) is 0 Å². The second-order valence-electron chi connectivity index (χ2n) is 7.19. The van der Waals surface area contributed by atoms with Gasteiger partial charge in [-0.15, -0.1) is 0 Å². The lowest BCUT2D eigenvalue weighted by Gasteiger charge is -2.23. The number of hydrogen-bond acceptors (Lipinski definition) is 10. The summed E-state index contributed by atoms with van der Waals surface area (Å²) < 4.78 is 10.3. The van der Waals surface area contributed by atoms with Gasteiger partial charge in [0.25, 0.3) is 11.8 Å². The van der Waals surface area contributed by atoms with Gasteiger partial charge < -0.3 is 41.4 Å². The molecule has 1 fully saturated rings. The van der Waals surface area contributed by atoms with Gasteiger partial charge in [-0.25, -0.2) is 0 Å². The number of ether oxygens (including phenoxy) is 2. The van der Waals surface area contributed by atoms with Gasteiger partial charge in [0.2, 0.25) is 23.6 Å². The molecule has 0 saturated carbocycles. The second-order valence-corrected chi connectivity index (χ2v) is 7.19. The summed E-state index contributed by atoms with van der Waals surface area (Å²) in [4.78, 5) is 72.8. The summed E-state index contributed by atoms with van der Waals surface area (Å²) in [5.74, 6) is -7.42. The van der Waals surface area contributed by atoms with Gasteiger partial charge in [-0.3, -0.25) is 39.6 Å². The smallest absolute Gasteiger partial charge is 0.263 e. The summed E-state index contributed by atoms with van der Waals surface area (Å²) in [5.41, 5.74) is 8.97. The standard InChI is InChI=1S/C18H30N6O10/c1-9(26)14-17(31)20-2-3-33-4-5-34-8-13(28)21-11(7-25)16(30)24-23-15(29)10(6-12(19)27)22-18(14)32/h9-11,14,25-26H,2-8H2,1H3,(H2,19,27)(H,20,31)(H,21,28)(H,22,32)(H,23,29)(H,24,30)/t9?,10?,11-,14-/m0/s1. The molecule has 4 atom stereocenters. The first-order chi connectivity index (χ1) is 16.1. The lowest BCUT2D eigenvalue weighted by Crippen LogP contribution is -2.59. The molecule has 0 aromatic rings. The Labute approximate surface area is 194 Å². The fourth-order valence-electron chi connectivity index (χ4n) is 2.70. The second kappa shape index (κ2) is 14.7. The van der Waals surface area contributed by atoms with Crippen molar-refractivity contribution in [2.24, 2.45) is 11.7 Å². The number of amides is 6. The number of aliphatic hydroxyl groups excluding tert-OH is 2. The van der Waals surface area contributed by atoms with Crippen molar-refractivity contribution in [1.82, 2.24) is 26.8 Å². The summed E-state index contributed by atoms with van der Waals surface area (Å²) in [7, 11) is 0. The molecule has 9 N–H and O–H groups in total. The summed E-state index contributed by atoms with van der Waals surface area (Å²) in [5, 5.41) is 26.0. The molecule has 2 unspecified atom stereocenters. The van der Waals surface area contributed by atoms with Gasteiger partial charge in [-0.1, -0.05) is 0 Å². The molecule has 1 heterocycles. The van der Waals surface area contributed by atoms with Crippen molar-refractivity contribution in [3.8, 4) is 0 Å². The number of rotatable bonds is 4. The van der Waals surface area contributed by atoms with Gasteiger partial charge in [-0.05, 0) is 6.92 Å². The van der Waals surface area contributed by atoms with Crippen molar-refractivity contribution in [3.05, 3.63) is 0 Å². The number of hydrogen-bond donors (Lipinski definition) is 8. The summed E-state index contributed by atoms with van der Waals surface area (Å²) in [6.07, 6.45) is -2.16. The lowest BCUT2D eigenvalue weighted by molar-refractivity contribution is -0.142. The van der Waals surface area contributed by atoms with Crippen LogP contribution in [0.15, 0.2) is 0 Å². The first-order valence-corrected chi connectivity index (χ1v) is 10.3. The van der Waals surface area contributed by atoms with Crippen molar-refractivity contribution in [2.45, 2.75) is 31.5 Å². The molecule has 16 heteroatoms. The van der Waals surface area contributed by atoms with E-state index in [4.69, 9.17) is 15.2 Å². The van der Waals surface area contributed by atoms with Gasteiger partial charge >= 0.3 is 0 Å². The molecule has 1 aliphatic rings. The fraction of sp³-hybridized carbons (Fsp3) is 0.667. The van der Waals surface area contributed by atoms with Crippen molar-refractivity contribution in [3.63, 3.8) is 0 Å². The van der Waals surface area contributed by atoms with Crippen molar-refractivity contribution < 1.29 is 48.5 Å². The third kappa shape index (κ3) is 10.1. The van der Waals surface area contributed by atoms with Crippen molar-refractivity contribution in [2.75, 3.05) is 39.6 Å². The average Bonchev–Trinajstić information content (AvgIpc) is 2.75. The molecule has 1 rings (SSSR count). The van der Waals surface area contributed by atoms with Crippen LogP contribution >= 0.6 is 0 Å². The molecule has 0 aromatic carbocycles. The fourth-order valence-corrected chi connectivity index (χ4v) is 2.70. The topological polar surface area (TPSA) is 248 Å².